The van der Waals surface area contributed by atoms with Gasteiger partial charge in [0.1, 0.15) is 0 Å². The Morgan fingerprint density at radius 3 is 2.64 bits per heavy atom. The summed E-state index contributed by atoms with van der Waals surface area (Å²) >= 11 is 0. The maximum atomic E-state index is 12.5. The van der Waals surface area contributed by atoms with E-state index in [1.807, 2.05) is 13.0 Å². The lowest BCUT2D eigenvalue weighted by atomic mass is 10.1. The van der Waals surface area contributed by atoms with Crippen LogP contribution in [0.1, 0.15) is 22.3 Å². The summed E-state index contributed by atoms with van der Waals surface area (Å²) in [5.41, 5.74) is 7.84. The highest BCUT2D eigenvalue weighted by Crippen LogP contribution is 2.33. The van der Waals surface area contributed by atoms with Crippen molar-refractivity contribution in [2.45, 2.75) is 13.3 Å². The Morgan fingerprint density at radius 2 is 1.84 bits per heavy atom. The van der Waals surface area contributed by atoms with E-state index in [1.54, 1.807) is 30.3 Å². The number of ether oxygens (including phenoxy) is 2. The maximum Gasteiger partial charge on any atom is 0.255 e. The molecule has 2 amide bonds. The lowest BCUT2D eigenvalue weighted by Crippen LogP contribution is -2.19. The maximum absolute atomic E-state index is 12.5. The quantitative estimate of drug-likeness (QED) is 0.774. The summed E-state index contributed by atoms with van der Waals surface area (Å²) in [4.78, 5) is 24.3. The number of hydrogen-bond acceptors (Lipinski definition) is 5. The molecule has 3 rings (SSSR count). The van der Waals surface area contributed by atoms with Gasteiger partial charge in [-0.2, -0.15) is 0 Å². The van der Waals surface area contributed by atoms with E-state index in [0.717, 1.165) is 5.56 Å². The van der Waals surface area contributed by atoms with Gasteiger partial charge in [-0.15, -0.1) is 0 Å². The van der Waals surface area contributed by atoms with Gasteiger partial charge in [0.2, 0.25) is 12.7 Å². The van der Waals surface area contributed by atoms with Gasteiger partial charge in [-0.25, -0.2) is 0 Å². The monoisotopic (exact) mass is 341 g/mol. The second-order valence-electron chi connectivity index (χ2n) is 5.66. The van der Waals surface area contributed by atoms with Crippen LogP contribution in [-0.4, -0.2) is 25.2 Å². The molecule has 4 N–H and O–H groups in total. The van der Waals surface area contributed by atoms with Gasteiger partial charge in [-0.1, -0.05) is 6.07 Å². The Balaban J connectivity index is 1.79. The van der Waals surface area contributed by atoms with Crippen molar-refractivity contribution < 1.29 is 19.1 Å². The SMILES string of the molecule is Cc1ccc(NC(=O)c2ccc3c(c2)OCO3)c(NC(=O)CCN)c1. The predicted octanol–water partition coefficient (Wildman–Crippen LogP) is 2.26. The van der Waals surface area contributed by atoms with Crippen LogP contribution in [0.2, 0.25) is 0 Å². The third-order valence-corrected chi connectivity index (χ3v) is 3.70. The summed E-state index contributed by atoms with van der Waals surface area (Å²) in [6.07, 6.45) is 0.212. The molecule has 0 saturated heterocycles. The summed E-state index contributed by atoms with van der Waals surface area (Å²) in [6.45, 7) is 2.31. The molecule has 0 aliphatic carbocycles. The van der Waals surface area contributed by atoms with Crippen LogP contribution in [0.4, 0.5) is 11.4 Å². The summed E-state index contributed by atoms with van der Waals surface area (Å²) in [7, 11) is 0. The van der Waals surface area contributed by atoms with Crippen LogP contribution in [0, 0.1) is 6.92 Å². The van der Waals surface area contributed by atoms with Crippen LogP contribution < -0.4 is 25.8 Å². The zero-order chi connectivity index (χ0) is 17.8. The average molecular weight is 341 g/mol. The average Bonchev–Trinajstić information content (AvgIpc) is 3.05. The molecule has 0 unspecified atom stereocenters. The second kappa shape index (κ2) is 7.23. The Kier molecular flexibility index (Phi) is 4.85. The van der Waals surface area contributed by atoms with Crippen LogP contribution in [0.5, 0.6) is 11.5 Å². The molecule has 7 nitrogen and oxygen atoms in total. The van der Waals surface area contributed by atoms with E-state index in [1.165, 1.54) is 0 Å². The summed E-state index contributed by atoms with van der Waals surface area (Å²) in [5.74, 6) is 0.637. The second-order valence-corrected chi connectivity index (χ2v) is 5.66. The third-order valence-electron chi connectivity index (χ3n) is 3.70. The van der Waals surface area contributed by atoms with Crippen LogP contribution in [0.3, 0.4) is 0 Å². The third kappa shape index (κ3) is 3.89. The van der Waals surface area contributed by atoms with Gasteiger partial charge >= 0.3 is 0 Å². The number of aryl methyl sites for hydroxylation is 1. The van der Waals surface area contributed by atoms with Crippen molar-refractivity contribution in [3.05, 3.63) is 47.5 Å². The fourth-order valence-electron chi connectivity index (χ4n) is 2.45. The van der Waals surface area contributed by atoms with Crippen LogP contribution in [0.15, 0.2) is 36.4 Å². The molecule has 0 saturated carbocycles. The zero-order valence-corrected chi connectivity index (χ0v) is 13.8. The molecule has 1 aliphatic rings. The minimum atomic E-state index is -0.309. The van der Waals surface area contributed by atoms with E-state index in [9.17, 15) is 9.59 Å². The van der Waals surface area contributed by atoms with Crippen molar-refractivity contribution in [3.63, 3.8) is 0 Å². The molecule has 0 atom stereocenters. The number of fused-ring (bicyclic) bond motifs is 1. The van der Waals surface area contributed by atoms with Gasteiger partial charge in [-0.05, 0) is 42.8 Å². The molecule has 0 bridgehead atoms. The molecule has 0 radical (unpaired) electrons. The van der Waals surface area contributed by atoms with E-state index >= 15 is 0 Å². The molecule has 2 aromatic carbocycles. The number of nitrogens with one attached hydrogen (secondary N) is 2. The predicted molar refractivity (Wildman–Crippen MR) is 94.0 cm³/mol. The first-order valence-electron chi connectivity index (χ1n) is 7.88. The highest BCUT2D eigenvalue weighted by Gasteiger charge is 2.17. The van der Waals surface area contributed by atoms with E-state index in [0.29, 0.717) is 28.4 Å². The van der Waals surface area contributed by atoms with Gasteiger partial charge in [0.25, 0.3) is 5.91 Å². The van der Waals surface area contributed by atoms with Crippen molar-refractivity contribution in [2.75, 3.05) is 24.0 Å². The van der Waals surface area contributed by atoms with Crippen molar-refractivity contribution in [2.24, 2.45) is 5.73 Å². The molecule has 130 valence electrons. The van der Waals surface area contributed by atoms with E-state index < -0.39 is 0 Å². The fourth-order valence-corrected chi connectivity index (χ4v) is 2.45. The molecule has 1 heterocycles. The Morgan fingerprint density at radius 1 is 1.04 bits per heavy atom. The first kappa shape index (κ1) is 16.8. The van der Waals surface area contributed by atoms with Gasteiger partial charge in [0.05, 0.1) is 11.4 Å². The summed E-state index contributed by atoms with van der Waals surface area (Å²) in [5, 5.41) is 5.58. The van der Waals surface area contributed by atoms with Crippen LogP contribution in [-0.2, 0) is 4.79 Å². The summed E-state index contributed by atoms with van der Waals surface area (Å²) in [6, 6.07) is 10.4. The van der Waals surface area contributed by atoms with Gasteiger partial charge in [-0.3, -0.25) is 9.59 Å². The normalized spacial score (nSPS) is 11.9. The number of hydrogen-bond donors (Lipinski definition) is 3. The van der Waals surface area contributed by atoms with Crippen LogP contribution >= 0.6 is 0 Å². The van der Waals surface area contributed by atoms with Gasteiger partial charge < -0.3 is 25.8 Å². The first-order valence-corrected chi connectivity index (χ1v) is 7.88. The largest absolute Gasteiger partial charge is 0.454 e. The zero-order valence-electron chi connectivity index (χ0n) is 13.8. The molecule has 2 aromatic rings. The number of rotatable bonds is 5. The number of anilines is 2. The number of amides is 2. The number of benzene rings is 2. The van der Waals surface area contributed by atoms with Gasteiger partial charge in [0.15, 0.2) is 11.5 Å². The minimum absolute atomic E-state index is 0.149. The molecule has 7 heteroatoms. The Bertz CT molecular complexity index is 820. The number of carbonyl (C=O) groups excluding carboxylic acids is 2. The molecule has 1 aliphatic heterocycles. The van der Waals surface area contributed by atoms with Gasteiger partial charge in [0, 0.05) is 18.5 Å². The smallest absolute Gasteiger partial charge is 0.255 e. The highest BCUT2D eigenvalue weighted by molar-refractivity contribution is 6.07. The Labute approximate surface area is 145 Å². The lowest BCUT2D eigenvalue weighted by Gasteiger charge is -2.13. The standard InChI is InChI=1S/C18H19N3O4/c1-11-2-4-13(14(8-11)20-17(22)6-7-19)21-18(23)12-3-5-15-16(9-12)25-10-24-15/h2-5,8-9H,6-7,10,19H2,1H3,(H,20,22)(H,21,23). The van der Waals surface area contributed by atoms with Crippen molar-refractivity contribution in [3.8, 4) is 11.5 Å². The summed E-state index contributed by atoms with van der Waals surface area (Å²) < 4.78 is 10.5. The number of nitrogens with two attached hydrogens (primary N) is 1. The first-order chi connectivity index (χ1) is 12.1. The minimum Gasteiger partial charge on any atom is -0.454 e. The van der Waals surface area contributed by atoms with E-state index in [2.05, 4.69) is 10.6 Å². The Hall–Kier alpha value is -3.06. The molecular weight excluding hydrogens is 322 g/mol. The fraction of sp³-hybridized carbons (Fsp3) is 0.222. The van der Waals surface area contributed by atoms with E-state index in [4.69, 9.17) is 15.2 Å². The molecule has 25 heavy (non-hydrogen) atoms. The molecule has 0 spiro atoms. The van der Waals surface area contributed by atoms with Crippen molar-refractivity contribution >= 4 is 23.2 Å². The topological polar surface area (TPSA) is 103 Å². The lowest BCUT2D eigenvalue weighted by molar-refractivity contribution is -0.116. The van der Waals surface area contributed by atoms with E-state index in [-0.39, 0.29) is 31.6 Å². The van der Waals surface area contributed by atoms with Crippen LogP contribution in [0.25, 0.3) is 0 Å². The van der Waals surface area contributed by atoms with Crippen molar-refractivity contribution in [1.29, 1.82) is 0 Å². The molecular formula is C18H19N3O4. The molecule has 0 aromatic heterocycles. The highest BCUT2D eigenvalue weighted by atomic mass is 16.7. The number of carbonyl (C=O) groups is 2. The van der Waals surface area contributed by atoms with Crippen molar-refractivity contribution in [1.82, 2.24) is 0 Å². The molecule has 0 fully saturated rings.